The second kappa shape index (κ2) is 5.19. The van der Waals surface area contributed by atoms with Crippen molar-refractivity contribution in [3.05, 3.63) is 23.8 Å². The molecule has 2 rings (SSSR count). The molecule has 92 valence electrons. The molecule has 1 heterocycles. The Hall–Kier alpha value is -1.55. The first-order valence-corrected chi connectivity index (χ1v) is 5.87. The molecule has 1 unspecified atom stereocenters. The molecule has 1 aliphatic heterocycles. The first-order valence-electron chi connectivity index (χ1n) is 5.87. The highest BCUT2D eigenvalue weighted by atomic mass is 16.5. The molecule has 1 saturated heterocycles. The number of nitrogens with one attached hydrogen (secondary N) is 2. The summed E-state index contributed by atoms with van der Waals surface area (Å²) in [5.41, 5.74) is 2.00. The van der Waals surface area contributed by atoms with Crippen LogP contribution >= 0.6 is 0 Å². The molecule has 0 saturated carbocycles. The van der Waals surface area contributed by atoms with Gasteiger partial charge in [-0.25, -0.2) is 0 Å². The van der Waals surface area contributed by atoms with Gasteiger partial charge >= 0.3 is 0 Å². The van der Waals surface area contributed by atoms with Crippen LogP contribution in [0, 0.1) is 0 Å². The van der Waals surface area contributed by atoms with E-state index < -0.39 is 0 Å². The van der Waals surface area contributed by atoms with Crippen LogP contribution < -0.4 is 15.4 Å². The number of hydrogen-bond acceptors (Lipinski definition) is 3. The maximum atomic E-state index is 11.0. The standard InChI is InChI=1S/C13H18N2O2/c1-9(16)15-11-3-4-13(17-2)12(7-11)10-5-6-14-8-10/h3-4,7,10,14H,5-6,8H2,1-2H3,(H,15,16). The lowest BCUT2D eigenvalue weighted by Crippen LogP contribution is -2.10. The van der Waals surface area contributed by atoms with Gasteiger partial charge in [0, 0.05) is 30.6 Å². The van der Waals surface area contributed by atoms with E-state index in [2.05, 4.69) is 10.6 Å². The van der Waals surface area contributed by atoms with E-state index in [0.29, 0.717) is 5.92 Å². The van der Waals surface area contributed by atoms with E-state index in [0.717, 1.165) is 30.9 Å². The third kappa shape index (κ3) is 2.77. The molecule has 0 radical (unpaired) electrons. The van der Waals surface area contributed by atoms with E-state index in [1.807, 2.05) is 18.2 Å². The quantitative estimate of drug-likeness (QED) is 0.837. The van der Waals surface area contributed by atoms with E-state index in [-0.39, 0.29) is 5.91 Å². The van der Waals surface area contributed by atoms with Crippen molar-refractivity contribution in [1.29, 1.82) is 0 Å². The van der Waals surface area contributed by atoms with Gasteiger partial charge < -0.3 is 15.4 Å². The van der Waals surface area contributed by atoms with Gasteiger partial charge in [-0.1, -0.05) is 0 Å². The average Bonchev–Trinajstić information content (AvgIpc) is 2.81. The van der Waals surface area contributed by atoms with Gasteiger partial charge in [0.2, 0.25) is 5.91 Å². The summed E-state index contributed by atoms with van der Waals surface area (Å²) in [6.07, 6.45) is 1.11. The molecule has 1 atom stereocenters. The Kier molecular flexibility index (Phi) is 3.64. The topological polar surface area (TPSA) is 50.4 Å². The zero-order chi connectivity index (χ0) is 12.3. The van der Waals surface area contributed by atoms with E-state index in [1.165, 1.54) is 12.5 Å². The minimum Gasteiger partial charge on any atom is -0.496 e. The number of anilines is 1. The molecule has 0 aromatic heterocycles. The van der Waals surface area contributed by atoms with Crippen LogP contribution in [0.15, 0.2) is 18.2 Å². The Morgan fingerprint density at radius 2 is 2.35 bits per heavy atom. The molecule has 1 aromatic rings. The number of hydrogen-bond donors (Lipinski definition) is 2. The maximum Gasteiger partial charge on any atom is 0.221 e. The van der Waals surface area contributed by atoms with Gasteiger partial charge in [0.25, 0.3) is 0 Å². The van der Waals surface area contributed by atoms with Crippen molar-refractivity contribution >= 4 is 11.6 Å². The fourth-order valence-corrected chi connectivity index (χ4v) is 2.25. The summed E-state index contributed by atoms with van der Waals surface area (Å²) >= 11 is 0. The maximum absolute atomic E-state index is 11.0. The number of carbonyl (C=O) groups excluding carboxylic acids is 1. The molecule has 1 fully saturated rings. The molecule has 2 N–H and O–H groups in total. The van der Waals surface area contributed by atoms with Gasteiger partial charge in [0.15, 0.2) is 0 Å². The van der Waals surface area contributed by atoms with Crippen molar-refractivity contribution in [2.45, 2.75) is 19.3 Å². The highest BCUT2D eigenvalue weighted by Gasteiger charge is 2.20. The molecular formula is C13H18N2O2. The Balaban J connectivity index is 2.28. The van der Waals surface area contributed by atoms with E-state index in [9.17, 15) is 4.79 Å². The summed E-state index contributed by atoms with van der Waals surface area (Å²) in [5, 5.41) is 6.14. The highest BCUT2D eigenvalue weighted by molar-refractivity contribution is 5.88. The van der Waals surface area contributed by atoms with Crippen LogP contribution in [0.25, 0.3) is 0 Å². The Labute approximate surface area is 101 Å². The van der Waals surface area contributed by atoms with Crippen molar-refractivity contribution in [1.82, 2.24) is 5.32 Å². The Bertz CT molecular complexity index is 412. The SMILES string of the molecule is COc1ccc(NC(C)=O)cc1C1CCNC1. The lowest BCUT2D eigenvalue weighted by Gasteiger charge is -2.15. The number of rotatable bonds is 3. The fraction of sp³-hybridized carbons (Fsp3) is 0.462. The van der Waals surface area contributed by atoms with Gasteiger partial charge in [-0.3, -0.25) is 4.79 Å². The molecule has 4 heteroatoms. The van der Waals surface area contributed by atoms with Crippen molar-refractivity contribution < 1.29 is 9.53 Å². The summed E-state index contributed by atoms with van der Waals surface area (Å²) in [7, 11) is 1.68. The molecular weight excluding hydrogens is 216 g/mol. The summed E-state index contributed by atoms with van der Waals surface area (Å²) in [6.45, 7) is 3.53. The van der Waals surface area contributed by atoms with Crippen LogP contribution in [-0.2, 0) is 4.79 Å². The van der Waals surface area contributed by atoms with Crippen molar-refractivity contribution in [3.8, 4) is 5.75 Å². The lowest BCUT2D eigenvalue weighted by molar-refractivity contribution is -0.114. The normalized spacial score (nSPS) is 19.1. The van der Waals surface area contributed by atoms with Crippen molar-refractivity contribution in [2.75, 3.05) is 25.5 Å². The summed E-state index contributed by atoms with van der Waals surface area (Å²) in [4.78, 5) is 11.0. The number of amides is 1. The van der Waals surface area contributed by atoms with E-state index >= 15 is 0 Å². The zero-order valence-corrected chi connectivity index (χ0v) is 10.2. The monoisotopic (exact) mass is 234 g/mol. The molecule has 17 heavy (non-hydrogen) atoms. The second-order valence-corrected chi connectivity index (χ2v) is 4.33. The number of methoxy groups -OCH3 is 1. The molecule has 0 spiro atoms. The van der Waals surface area contributed by atoms with Crippen LogP contribution in [0.3, 0.4) is 0 Å². The van der Waals surface area contributed by atoms with Crippen LogP contribution in [0.4, 0.5) is 5.69 Å². The third-order valence-corrected chi connectivity index (χ3v) is 3.05. The van der Waals surface area contributed by atoms with Crippen molar-refractivity contribution in [2.24, 2.45) is 0 Å². The van der Waals surface area contributed by atoms with Crippen molar-refractivity contribution in [3.63, 3.8) is 0 Å². The average molecular weight is 234 g/mol. The number of ether oxygens (including phenoxy) is 1. The first-order chi connectivity index (χ1) is 8.20. The molecule has 0 aliphatic carbocycles. The summed E-state index contributed by atoms with van der Waals surface area (Å²) in [6, 6.07) is 5.79. The predicted molar refractivity (Wildman–Crippen MR) is 67.5 cm³/mol. The zero-order valence-electron chi connectivity index (χ0n) is 10.2. The molecule has 1 amide bonds. The summed E-state index contributed by atoms with van der Waals surface area (Å²) in [5.74, 6) is 1.32. The van der Waals surface area contributed by atoms with Gasteiger partial charge in [0.1, 0.15) is 5.75 Å². The van der Waals surface area contributed by atoms with Crippen LogP contribution in [0.5, 0.6) is 5.75 Å². The fourth-order valence-electron chi connectivity index (χ4n) is 2.25. The minimum atomic E-state index is -0.0503. The number of benzene rings is 1. The van der Waals surface area contributed by atoms with Crippen LogP contribution in [0.1, 0.15) is 24.8 Å². The molecule has 0 bridgehead atoms. The van der Waals surface area contributed by atoms with Gasteiger partial charge in [-0.2, -0.15) is 0 Å². The minimum absolute atomic E-state index is 0.0503. The molecule has 4 nitrogen and oxygen atoms in total. The van der Waals surface area contributed by atoms with Crippen LogP contribution in [-0.4, -0.2) is 26.1 Å². The van der Waals surface area contributed by atoms with E-state index in [4.69, 9.17) is 4.74 Å². The molecule has 1 aliphatic rings. The van der Waals surface area contributed by atoms with Crippen LogP contribution in [0.2, 0.25) is 0 Å². The third-order valence-electron chi connectivity index (χ3n) is 3.05. The summed E-state index contributed by atoms with van der Waals surface area (Å²) < 4.78 is 5.38. The second-order valence-electron chi connectivity index (χ2n) is 4.33. The van der Waals surface area contributed by atoms with Gasteiger partial charge in [-0.05, 0) is 31.2 Å². The lowest BCUT2D eigenvalue weighted by atomic mass is 9.97. The first kappa shape index (κ1) is 11.9. The Morgan fingerprint density at radius 3 is 2.94 bits per heavy atom. The molecule has 1 aromatic carbocycles. The number of carbonyl (C=O) groups is 1. The van der Waals surface area contributed by atoms with Gasteiger partial charge in [0.05, 0.1) is 7.11 Å². The predicted octanol–water partition coefficient (Wildman–Crippen LogP) is 1.73. The largest absolute Gasteiger partial charge is 0.496 e. The Morgan fingerprint density at radius 1 is 1.53 bits per heavy atom. The highest BCUT2D eigenvalue weighted by Crippen LogP contribution is 2.32. The smallest absolute Gasteiger partial charge is 0.221 e. The van der Waals surface area contributed by atoms with Gasteiger partial charge in [-0.15, -0.1) is 0 Å². The van der Waals surface area contributed by atoms with E-state index in [1.54, 1.807) is 7.11 Å².